The van der Waals surface area contributed by atoms with Gasteiger partial charge in [0, 0.05) is 18.7 Å². The van der Waals surface area contributed by atoms with E-state index in [4.69, 9.17) is 14.2 Å². The van der Waals surface area contributed by atoms with E-state index in [0.29, 0.717) is 42.6 Å². The molecule has 1 atom stereocenters. The molecule has 1 saturated heterocycles. The van der Waals surface area contributed by atoms with Crippen molar-refractivity contribution in [2.75, 3.05) is 32.9 Å². The van der Waals surface area contributed by atoms with Gasteiger partial charge in [0.25, 0.3) is 5.91 Å². The van der Waals surface area contributed by atoms with Crippen molar-refractivity contribution < 1.29 is 23.8 Å². The lowest BCUT2D eigenvalue weighted by Gasteiger charge is -2.29. The number of hydrogen-bond donors (Lipinski definition) is 1. The Morgan fingerprint density at radius 1 is 0.964 bits per heavy atom. The zero-order valence-corrected chi connectivity index (χ0v) is 17.4. The van der Waals surface area contributed by atoms with Crippen LogP contribution in [-0.2, 0) is 4.79 Å². The SMILES string of the molecule is CCOc1cc(C(=O)N[C@H](C)C(=O)N2CCCCC2)cc(OCC)c1OCC. The minimum Gasteiger partial charge on any atom is -0.490 e. The van der Waals surface area contributed by atoms with E-state index in [-0.39, 0.29) is 11.8 Å². The van der Waals surface area contributed by atoms with Gasteiger partial charge in [-0.1, -0.05) is 0 Å². The summed E-state index contributed by atoms with van der Waals surface area (Å²) in [5.74, 6) is 1.00. The van der Waals surface area contributed by atoms with E-state index in [9.17, 15) is 9.59 Å². The van der Waals surface area contributed by atoms with Gasteiger partial charge in [-0.05, 0) is 59.1 Å². The zero-order chi connectivity index (χ0) is 20.5. The lowest BCUT2D eigenvalue weighted by molar-refractivity contribution is -0.133. The average molecular weight is 392 g/mol. The van der Waals surface area contributed by atoms with Crippen molar-refractivity contribution in [1.82, 2.24) is 10.2 Å². The maximum atomic E-state index is 12.8. The van der Waals surface area contributed by atoms with Gasteiger partial charge in [-0.15, -0.1) is 0 Å². The van der Waals surface area contributed by atoms with Gasteiger partial charge < -0.3 is 24.4 Å². The molecule has 1 fully saturated rings. The van der Waals surface area contributed by atoms with E-state index in [1.54, 1.807) is 19.1 Å². The Labute approximate surface area is 167 Å². The molecule has 0 aromatic heterocycles. The second kappa shape index (κ2) is 10.8. The maximum Gasteiger partial charge on any atom is 0.252 e. The first-order valence-electron chi connectivity index (χ1n) is 10.2. The zero-order valence-electron chi connectivity index (χ0n) is 17.4. The first-order valence-corrected chi connectivity index (χ1v) is 10.2. The summed E-state index contributed by atoms with van der Waals surface area (Å²) in [4.78, 5) is 27.2. The highest BCUT2D eigenvalue weighted by atomic mass is 16.5. The van der Waals surface area contributed by atoms with Crippen molar-refractivity contribution in [3.63, 3.8) is 0 Å². The Morgan fingerprint density at radius 3 is 2.00 bits per heavy atom. The van der Waals surface area contributed by atoms with Crippen LogP contribution in [0.4, 0.5) is 0 Å². The summed E-state index contributed by atoms with van der Waals surface area (Å²) >= 11 is 0. The van der Waals surface area contributed by atoms with Gasteiger partial charge in [0.2, 0.25) is 11.7 Å². The van der Waals surface area contributed by atoms with E-state index in [0.717, 1.165) is 32.4 Å². The monoisotopic (exact) mass is 392 g/mol. The first-order chi connectivity index (χ1) is 13.5. The molecule has 1 N–H and O–H groups in total. The van der Waals surface area contributed by atoms with Gasteiger partial charge in [-0.25, -0.2) is 0 Å². The molecule has 1 aliphatic rings. The second-order valence-corrected chi connectivity index (χ2v) is 6.68. The maximum absolute atomic E-state index is 12.8. The van der Waals surface area contributed by atoms with Gasteiger partial charge in [0.1, 0.15) is 6.04 Å². The van der Waals surface area contributed by atoms with Gasteiger partial charge >= 0.3 is 0 Å². The quantitative estimate of drug-likeness (QED) is 0.699. The molecule has 1 aromatic carbocycles. The van der Waals surface area contributed by atoms with Crippen molar-refractivity contribution in [1.29, 1.82) is 0 Å². The van der Waals surface area contributed by atoms with Crippen molar-refractivity contribution in [3.8, 4) is 17.2 Å². The average Bonchev–Trinajstić information content (AvgIpc) is 2.70. The molecule has 1 aliphatic heterocycles. The number of likely N-dealkylation sites (tertiary alicyclic amines) is 1. The molecular weight excluding hydrogens is 360 g/mol. The Morgan fingerprint density at radius 2 is 1.50 bits per heavy atom. The normalized spacial score (nSPS) is 14.9. The molecule has 0 saturated carbocycles. The number of ether oxygens (including phenoxy) is 3. The largest absolute Gasteiger partial charge is 0.490 e. The van der Waals surface area contributed by atoms with Gasteiger partial charge in [-0.3, -0.25) is 9.59 Å². The number of nitrogens with zero attached hydrogens (tertiary/aromatic N) is 1. The Bertz CT molecular complexity index is 644. The van der Waals surface area contributed by atoms with Crippen LogP contribution in [0.2, 0.25) is 0 Å². The van der Waals surface area contributed by atoms with Crippen LogP contribution in [0.1, 0.15) is 57.3 Å². The van der Waals surface area contributed by atoms with E-state index in [1.165, 1.54) is 0 Å². The fourth-order valence-corrected chi connectivity index (χ4v) is 3.25. The third kappa shape index (κ3) is 5.53. The number of carbonyl (C=O) groups is 2. The molecule has 28 heavy (non-hydrogen) atoms. The highest BCUT2D eigenvalue weighted by Crippen LogP contribution is 2.39. The minimum atomic E-state index is -0.594. The Balaban J connectivity index is 2.19. The summed E-state index contributed by atoms with van der Waals surface area (Å²) in [5.41, 5.74) is 0.369. The summed E-state index contributed by atoms with van der Waals surface area (Å²) < 4.78 is 17.0. The first kappa shape index (κ1) is 21.9. The number of nitrogens with one attached hydrogen (secondary N) is 1. The molecular formula is C21H32N2O5. The Hall–Kier alpha value is -2.44. The molecule has 2 amide bonds. The molecule has 0 spiro atoms. The van der Waals surface area contributed by atoms with Crippen LogP contribution in [0.15, 0.2) is 12.1 Å². The molecule has 1 aromatic rings. The Kier molecular flexibility index (Phi) is 8.42. The van der Waals surface area contributed by atoms with Gasteiger partial charge in [0.05, 0.1) is 19.8 Å². The number of hydrogen-bond acceptors (Lipinski definition) is 5. The predicted molar refractivity (Wildman–Crippen MR) is 107 cm³/mol. The highest BCUT2D eigenvalue weighted by molar-refractivity contribution is 5.98. The third-order valence-electron chi connectivity index (χ3n) is 4.56. The van der Waals surface area contributed by atoms with E-state index < -0.39 is 6.04 Å². The number of piperidine rings is 1. The molecule has 0 aliphatic carbocycles. The fraction of sp³-hybridized carbons (Fsp3) is 0.619. The lowest BCUT2D eigenvalue weighted by atomic mass is 10.1. The summed E-state index contributed by atoms with van der Waals surface area (Å²) in [6.07, 6.45) is 3.18. The van der Waals surface area contributed by atoms with Crippen molar-refractivity contribution in [2.24, 2.45) is 0 Å². The summed E-state index contributed by atoms with van der Waals surface area (Å²) in [5, 5.41) is 2.80. The van der Waals surface area contributed by atoms with E-state index in [1.807, 2.05) is 25.7 Å². The molecule has 7 nitrogen and oxygen atoms in total. The van der Waals surface area contributed by atoms with Crippen LogP contribution in [0.5, 0.6) is 17.2 Å². The van der Waals surface area contributed by atoms with Crippen LogP contribution in [0.25, 0.3) is 0 Å². The molecule has 0 unspecified atom stereocenters. The van der Waals surface area contributed by atoms with Gasteiger partial charge in [0.15, 0.2) is 11.5 Å². The van der Waals surface area contributed by atoms with E-state index >= 15 is 0 Å². The minimum absolute atomic E-state index is 0.0472. The van der Waals surface area contributed by atoms with Crippen molar-refractivity contribution >= 4 is 11.8 Å². The molecule has 0 radical (unpaired) electrons. The topological polar surface area (TPSA) is 77.1 Å². The number of rotatable bonds is 9. The standard InChI is InChI=1S/C21H32N2O5/c1-5-26-17-13-16(14-18(27-6-2)19(17)28-7-3)20(24)22-15(4)21(25)23-11-9-8-10-12-23/h13-15H,5-12H2,1-4H3,(H,22,24)/t15-/m1/s1. The van der Waals surface area contributed by atoms with Crippen LogP contribution in [0.3, 0.4) is 0 Å². The molecule has 2 rings (SSSR count). The molecule has 1 heterocycles. The van der Waals surface area contributed by atoms with Crippen LogP contribution < -0.4 is 19.5 Å². The molecule has 156 valence electrons. The number of amides is 2. The molecule has 7 heteroatoms. The third-order valence-corrected chi connectivity index (χ3v) is 4.56. The summed E-state index contributed by atoms with van der Waals surface area (Å²) in [6.45, 7) is 10.1. The summed E-state index contributed by atoms with van der Waals surface area (Å²) in [7, 11) is 0. The van der Waals surface area contributed by atoms with Crippen LogP contribution in [-0.4, -0.2) is 55.7 Å². The van der Waals surface area contributed by atoms with Crippen LogP contribution >= 0.6 is 0 Å². The summed E-state index contributed by atoms with van der Waals surface area (Å²) in [6, 6.07) is 2.66. The fourth-order valence-electron chi connectivity index (χ4n) is 3.25. The molecule has 0 bridgehead atoms. The predicted octanol–water partition coefficient (Wildman–Crippen LogP) is 3.01. The number of benzene rings is 1. The highest BCUT2D eigenvalue weighted by Gasteiger charge is 2.25. The second-order valence-electron chi connectivity index (χ2n) is 6.68. The number of carbonyl (C=O) groups excluding carboxylic acids is 2. The van der Waals surface area contributed by atoms with E-state index in [2.05, 4.69) is 5.32 Å². The van der Waals surface area contributed by atoms with Gasteiger partial charge in [-0.2, -0.15) is 0 Å². The smallest absolute Gasteiger partial charge is 0.252 e. The van der Waals surface area contributed by atoms with Crippen molar-refractivity contribution in [3.05, 3.63) is 17.7 Å². The van der Waals surface area contributed by atoms with Crippen LogP contribution in [0, 0.1) is 0 Å². The van der Waals surface area contributed by atoms with Crippen molar-refractivity contribution in [2.45, 2.75) is 53.0 Å². The lowest BCUT2D eigenvalue weighted by Crippen LogP contribution is -2.48.